The lowest BCUT2D eigenvalue weighted by Crippen LogP contribution is -2.36. The van der Waals surface area contributed by atoms with Gasteiger partial charge in [-0.25, -0.2) is 0 Å². The van der Waals surface area contributed by atoms with Crippen molar-refractivity contribution in [1.29, 1.82) is 5.41 Å². The summed E-state index contributed by atoms with van der Waals surface area (Å²) in [5.41, 5.74) is 10.7. The zero-order valence-electron chi connectivity index (χ0n) is 20.3. The third-order valence-corrected chi connectivity index (χ3v) is 6.34. The second kappa shape index (κ2) is 9.79. The molecule has 9 heteroatoms. The van der Waals surface area contributed by atoms with E-state index >= 15 is 0 Å². The van der Waals surface area contributed by atoms with Gasteiger partial charge in [0.2, 0.25) is 0 Å². The first-order valence-corrected chi connectivity index (χ1v) is 11.9. The first kappa shape index (κ1) is 23.5. The molecule has 1 fully saturated rings. The fourth-order valence-corrected chi connectivity index (χ4v) is 4.35. The number of aromatic nitrogens is 4. The van der Waals surface area contributed by atoms with Gasteiger partial charge in [-0.3, -0.25) is 9.55 Å². The van der Waals surface area contributed by atoms with Crippen molar-refractivity contribution in [3.8, 4) is 34.2 Å². The fraction of sp³-hybridized carbons (Fsp3) is 0.259. The van der Waals surface area contributed by atoms with Crippen molar-refractivity contribution in [1.82, 2.24) is 19.7 Å². The van der Waals surface area contributed by atoms with E-state index in [0.717, 1.165) is 30.0 Å². The number of aromatic hydroxyl groups is 1. The Bertz CT molecular complexity index is 1380. The molecule has 4 N–H and O–H groups in total. The third-order valence-electron chi connectivity index (χ3n) is 6.34. The van der Waals surface area contributed by atoms with Crippen LogP contribution in [0.25, 0.3) is 28.5 Å². The Hall–Kier alpha value is -4.24. The third kappa shape index (κ3) is 4.40. The van der Waals surface area contributed by atoms with Gasteiger partial charge in [-0.05, 0) is 48.4 Å². The summed E-state index contributed by atoms with van der Waals surface area (Å²) in [7, 11) is 0. The molecule has 2 aromatic carbocycles. The van der Waals surface area contributed by atoms with Gasteiger partial charge < -0.3 is 25.9 Å². The predicted octanol–water partition coefficient (Wildman–Crippen LogP) is 4.14. The highest BCUT2D eigenvalue weighted by Crippen LogP contribution is 2.36. The van der Waals surface area contributed by atoms with E-state index in [1.165, 1.54) is 6.07 Å². The monoisotopic (exact) mass is 483 g/mol. The van der Waals surface area contributed by atoms with Gasteiger partial charge in [-0.2, -0.15) is 0 Å². The van der Waals surface area contributed by atoms with Crippen LogP contribution in [0, 0.1) is 11.3 Å². The summed E-state index contributed by atoms with van der Waals surface area (Å²) in [5.74, 6) is 0.989. The molecule has 1 aliphatic heterocycles. The fourth-order valence-electron chi connectivity index (χ4n) is 4.35. The van der Waals surface area contributed by atoms with Crippen molar-refractivity contribution in [2.75, 3.05) is 36.9 Å². The molecule has 0 unspecified atom stereocenters. The average molecular weight is 484 g/mol. The second-order valence-electron chi connectivity index (χ2n) is 9.07. The molecule has 36 heavy (non-hydrogen) atoms. The van der Waals surface area contributed by atoms with Crippen LogP contribution in [0.3, 0.4) is 0 Å². The zero-order valence-corrected chi connectivity index (χ0v) is 20.3. The van der Waals surface area contributed by atoms with E-state index in [1.807, 2.05) is 42.7 Å². The maximum Gasteiger partial charge on any atom is 0.172 e. The number of pyridine rings is 1. The van der Waals surface area contributed by atoms with Crippen molar-refractivity contribution in [3.05, 3.63) is 66.5 Å². The standard InChI is InChI=1S/C27H29N7O2/c1-17(2)25(29)21-14-22(24(35)15-23(21)28)27-32-31-26(18-4-3-9-30-16-18)34(27)20-7-5-19(6-8-20)33-10-12-36-13-11-33/h3-9,14-17,29,35H,10-13,28H2,1-2H3. The average Bonchev–Trinajstić information content (AvgIpc) is 3.34. The lowest BCUT2D eigenvalue weighted by molar-refractivity contribution is 0.122. The minimum Gasteiger partial charge on any atom is -0.507 e. The van der Waals surface area contributed by atoms with Crippen molar-refractivity contribution >= 4 is 17.1 Å². The number of nitrogens with two attached hydrogens (primary N) is 1. The minimum atomic E-state index is -0.0266. The molecule has 3 heterocycles. The molecular formula is C27H29N7O2. The number of benzene rings is 2. The highest BCUT2D eigenvalue weighted by Gasteiger charge is 2.23. The number of nitrogen functional groups attached to an aromatic ring is 1. The Labute approximate surface area is 209 Å². The summed E-state index contributed by atoms with van der Waals surface area (Å²) in [6, 6.07) is 15.1. The van der Waals surface area contributed by atoms with Crippen molar-refractivity contribution < 1.29 is 9.84 Å². The van der Waals surface area contributed by atoms with Crippen LogP contribution in [-0.2, 0) is 4.74 Å². The van der Waals surface area contributed by atoms with E-state index in [4.69, 9.17) is 15.9 Å². The highest BCUT2D eigenvalue weighted by atomic mass is 16.5. The molecule has 2 aromatic heterocycles. The predicted molar refractivity (Wildman–Crippen MR) is 141 cm³/mol. The molecule has 0 spiro atoms. The number of anilines is 2. The molecule has 0 aliphatic carbocycles. The largest absolute Gasteiger partial charge is 0.507 e. The number of nitrogens with zero attached hydrogens (tertiary/aromatic N) is 5. The molecule has 0 atom stereocenters. The van der Waals surface area contributed by atoms with Gasteiger partial charge >= 0.3 is 0 Å². The molecule has 1 aliphatic rings. The lowest BCUT2D eigenvalue weighted by Gasteiger charge is -2.29. The van der Waals surface area contributed by atoms with Crippen LogP contribution >= 0.6 is 0 Å². The Balaban J connectivity index is 1.66. The van der Waals surface area contributed by atoms with E-state index in [0.29, 0.717) is 47.4 Å². The smallest absolute Gasteiger partial charge is 0.172 e. The summed E-state index contributed by atoms with van der Waals surface area (Å²) in [6.07, 6.45) is 3.44. The SMILES string of the molecule is CC(C)C(=N)c1cc(-c2nnc(-c3cccnc3)n2-c2ccc(N3CCOCC3)cc2)c(O)cc1N. The van der Waals surface area contributed by atoms with Gasteiger partial charge in [0.25, 0.3) is 0 Å². The molecule has 184 valence electrons. The van der Waals surface area contributed by atoms with Crippen LogP contribution in [-0.4, -0.2) is 56.9 Å². The van der Waals surface area contributed by atoms with Crippen LogP contribution in [0.5, 0.6) is 5.75 Å². The lowest BCUT2D eigenvalue weighted by atomic mass is 9.96. The van der Waals surface area contributed by atoms with Crippen LogP contribution < -0.4 is 10.6 Å². The van der Waals surface area contributed by atoms with Crippen molar-refractivity contribution in [2.45, 2.75) is 13.8 Å². The maximum absolute atomic E-state index is 10.9. The van der Waals surface area contributed by atoms with Crippen molar-refractivity contribution in [2.24, 2.45) is 5.92 Å². The van der Waals surface area contributed by atoms with Gasteiger partial charge in [0.15, 0.2) is 11.6 Å². The molecule has 1 saturated heterocycles. The van der Waals surface area contributed by atoms with Gasteiger partial charge in [0.05, 0.1) is 18.8 Å². The normalized spacial score (nSPS) is 13.8. The number of hydrogen-bond donors (Lipinski definition) is 3. The molecular weight excluding hydrogens is 454 g/mol. The summed E-state index contributed by atoms with van der Waals surface area (Å²) in [6.45, 7) is 7.00. The highest BCUT2D eigenvalue weighted by molar-refractivity contribution is 6.05. The van der Waals surface area contributed by atoms with Gasteiger partial charge in [0.1, 0.15) is 5.75 Å². The number of morpholine rings is 1. The molecule has 0 radical (unpaired) electrons. The van der Waals surface area contributed by atoms with Crippen LogP contribution in [0.1, 0.15) is 19.4 Å². The summed E-state index contributed by atoms with van der Waals surface area (Å²) in [4.78, 5) is 6.54. The molecule has 9 nitrogen and oxygen atoms in total. The summed E-state index contributed by atoms with van der Waals surface area (Å²) >= 11 is 0. The summed E-state index contributed by atoms with van der Waals surface area (Å²) < 4.78 is 7.38. The van der Waals surface area contributed by atoms with Crippen LogP contribution in [0.4, 0.5) is 11.4 Å². The van der Waals surface area contributed by atoms with E-state index in [1.54, 1.807) is 18.5 Å². The zero-order chi connectivity index (χ0) is 25.2. The topological polar surface area (TPSA) is 126 Å². The second-order valence-corrected chi connectivity index (χ2v) is 9.07. The van der Waals surface area contributed by atoms with Gasteiger partial charge in [0, 0.05) is 65.5 Å². The first-order chi connectivity index (χ1) is 17.4. The number of nitrogens with one attached hydrogen (secondary N) is 1. The maximum atomic E-state index is 10.9. The van der Waals surface area contributed by atoms with Crippen LogP contribution in [0.2, 0.25) is 0 Å². The Morgan fingerprint density at radius 3 is 2.39 bits per heavy atom. The van der Waals surface area contributed by atoms with E-state index in [-0.39, 0.29) is 11.7 Å². The van der Waals surface area contributed by atoms with Gasteiger partial charge in [-0.1, -0.05) is 13.8 Å². The number of phenols is 1. The molecule has 0 saturated carbocycles. The minimum absolute atomic E-state index is 0.0240. The Morgan fingerprint density at radius 2 is 1.72 bits per heavy atom. The summed E-state index contributed by atoms with van der Waals surface area (Å²) in [5, 5.41) is 28.3. The molecule has 5 rings (SSSR count). The van der Waals surface area contributed by atoms with Crippen LogP contribution in [0.15, 0.2) is 60.9 Å². The Morgan fingerprint density at radius 1 is 1.03 bits per heavy atom. The number of hydrogen-bond acceptors (Lipinski definition) is 8. The molecule has 0 bridgehead atoms. The van der Waals surface area contributed by atoms with Gasteiger partial charge in [-0.15, -0.1) is 10.2 Å². The molecule has 4 aromatic rings. The quantitative estimate of drug-likeness (QED) is 0.278. The number of ether oxygens (including phenoxy) is 1. The van der Waals surface area contributed by atoms with E-state index in [2.05, 4.69) is 32.2 Å². The first-order valence-electron chi connectivity index (χ1n) is 11.9. The number of phenolic OH excluding ortho intramolecular Hbond substituents is 1. The van der Waals surface area contributed by atoms with E-state index < -0.39 is 0 Å². The number of rotatable bonds is 6. The Kier molecular flexibility index (Phi) is 6.39. The van der Waals surface area contributed by atoms with E-state index in [9.17, 15) is 5.11 Å². The molecule has 0 amide bonds. The van der Waals surface area contributed by atoms with Crippen molar-refractivity contribution in [3.63, 3.8) is 0 Å².